The molecular weight excluding hydrogens is 422 g/mol. The fourth-order valence-electron chi connectivity index (χ4n) is 4.14. The Morgan fingerprint density at radius 1 is 1.06 bits per heavy atom. The lowest BCUT2D eigenvalue weighted by Gasteiger charge is -2.36. The van der Waals surface area contributed by atoms with Crippen molar-refractivity contribution >= 4 is 11.9 Å². The SMILES string of the molecule is CNC(CCCCNOC(=O)c1ccccc1)C(=O)NCC(C)(C)CC(C)(C)CC(O)OC. The summed E-state index contributed by atoms with van der Waals surface area (Å²) in [6.07, 6.45) is 2.85. The van der Waals surface area contributed by atoms with E-state index in [1.54, 1.807) is 31.3 Å². The van der Waals surface area contributed by atoms with Crippen LogP contribution in [0.15, 0.2) is 30.3 Å². The van der Waals surface area contributed by atoms with Crippen molar-refractivity contribution in [3.63, 3.8) is 0 Å². The molecule has 8 nitrogen and oxygen atoms in total. The third kappa shape index (κ3) is 12.1. The average molecular weight is 466 g/mol. The summed E-state index contributed by atoms with van der Waals surface area (Å²) < 4.78 is 4.99. The molecule has 8 heteroatoms. The number of aliphatic hydroxyl groups excluding tert-OH is 1. The second-order valence-electron chi connectivity index (χ2n) is 10.1. The van der Waals surface area contributed by atoms with Crippen LogP contribution in [0, 0.1) is 10.8 Å². The summed E-state index contributed by atoms with van der Waals surface area (Å²) in [5.41, 5.74) is 2.94. The summed E-state index contributed by atoms with van der Waals surface area (Å²) in [7, 11) is 3.28. The molecule has 2 atom stereocenters. The molecule has 188 valence electrons. The lowest BCUT2D eigenvalue weighted by Crippen LogP contribution is -2.46. The van der Waals surface area contributed by atoms with Gasteiger partial charge in [0.05, 0.1) is 11.6 Å². The smallest absolute Gasteiger partial charge is 0.356 e. The van der Waals surface area contributed by atoms with Crippen molar-refractivity contribution in [1.82, 2.24) is 16.1 Å². The van der Waals surface area contributed by atoms with Crippen molar-refractivity contribution in [2.24, 2.45) is 10.8 Å². The van der Waals surface area contributed by atoms with Crippen molar-refractivity contribution in [3.05, 3.63) is 35.9 Å². The van der Waals surface area contributed by atoms with Crippen LogP contribution in [0.2, 0.25) is 0 Å². The number of benzene rings is 1. The molecule has 0 heterocycles. The van der Waals surface area contributed by atoms with E-state index in [1.807, 2.05) is 6.07 Å². The first-order chi connectivity index (χ1) is 15.5. The summed E-state index contributed by atoms with van der Waals surface area (Å²) in [5, 5.41) is 16.0. The topological polar surface area (TPSA) is 109 Å². The molecule has 0 aliphatic carbocycles. The number of aliphatic hydroxyl groups is 1. The summed E-state index contributed by atoms with van der Waals surface area (Å²) in [5.74, 6) is -0.436. The summed E-state index contributed by atoms with van der Waals surface area (Å²) in [4.78, 5) is 29.6. The molecule has 0 radical (unpaired) electrons. The van der Waals surface area contributed by atoms with Crippen molar-refractivity contribution in [3.8, 4) is 0 Å². The number of unbranched alkanes of at least 4 members (excludes halogenated alkanes) is 1. The van der Waals surface area contributed by atoms with E-state index in [1.165, 1.54) is 7.11 Å². The number of amides is 1. The lowest BCUT2D eigenvalue weighted by molar-refractivity contribution is -0.124. The minimum absolute atomic E-state index is 0.0243. The van der Waals surface area contributed by atoms with E-state index in [4.69, 9.17) is 9.57 Å². The summed E-state index contributed by atoms with van der Waals surface area (Å²) >= 11 is 0. The Labute approximate surface area is 198 Å². The van der Waals surface area contributed by atoms with Crippen molar-refractivity contribution in [1.29, 1.82) is 0 Å². The molecule has 1 amide bonds. The van der Waals surface area contributed by atoms with Crippen LogP contribution < -0.4 is 16.1 Å². The third-order valence-electron chi connectivity index (χ3n) is 5.56. The van der Waals surface area contributed by atoms with E-state index < -0.39 is 12.3 Å². The molecule has 1 rings (SSSR count). The van der Waals surface area contributed by atoms with Gasteiger partial charge in [0, 0.05) is 26.6 Å². The fourth-order valence-corrected chi connectivity index (χ4v) is 4.14. The van der Waals surface area contributed by atoms with Crippen LogP contribution in [-0.2, 0) is 14.4 Å². The highest BCUT2D eigenvalue weighted by Gasteiger charge is 2.31. The van der Waals surface area contributed by atoms with Crippen LogP contribution in [0.5, 0.6) is 0 Å². The number of hydrogen-bond donors (Lipinski definition) is 4. The van der Waals surface area contributed by atoms with Crippen LogP contribution in [0.25, 0.3) is 0 Å². The van der Waals surface area contributed by atoms with Gasteiger partial charge >= 0.3 is 5.97 Å². The second-order valence-corrected chi connectivity index (χ2v) is 10.1. The van der Waals surface area contributed by atoms with Crippen LogP contribution in [0.3, 0.4) is 0 Å². The van der Waals surface area contributed by atoms with Gasteiger partial charge in [-0.3, -0.25) is 4.79 Å². The summed E-state index contributed by atoms with van der Waals surface area (Å²) in [6, 6.07) is 8.53. The molecule has 2 unspecified atom stereocenters. The number of carbonyl (C=O) groups is 2. The van der Waals surface area contributed by atoms with Gasteiger partial charge in [-0.25, -0.2) is 4.79 Å². The zero-order valence-corrected chi connectivity index (χ0v) is 21.1. The van der Waals surface area contributed by atoms with Gasteiger partial charge in [0.1, 0.15) is 0 Å². The minimum atomic E-state index is -0.782. The Balaban J connectivity index is 2.31. The van der Waals surface area contributed by atoms with E-state index in [2.05, 4.69) is 43.8 Å². The van der Waals surface area contributed by atoms with Gasteiger partial charge in [0.15, 0.2) is 6.29 Å². The summed E-state index contributed by atoms with van der Waals surface area (Å²) in [6.45, 7) is 9.50. The number of ether oxygens (including phenoxy) is 1. The van der Waals surface area contributed by atoms with Crippen molar-refractivity contribution in [2.45, 2.75) is 72.1 Å². The van der Waals surface area contributed by atoms with Crippen LogP contribution in [0.1, 0.15) is 70.2 Å². The van der Waals surface area contributed by atoms with E-state index in [0.717, 1.165) is 19.3 Å². The minimum Gasteiger partial charge on any atom is -0.368 e. The number of methoxy groups -OCH3 is 1. The molecule has 0 fully saturated rings. The molecular formula is C25H43N3O5. The van der Waals surface area contributed by atoms with Crippen molar-refractivity contribution in [2.75, 3.05) is 27.2 Å². The first-order valence-corrected chi connectivity index (χ1v) is 11.6. The van der Waals surface area contributed by atoms with Crippen LogP contribution >= 0.6 is 0 Å². The van der Waals surface area contributed by atoms with Gasteiger partial charge in [0.2, 0.25) is 5.91 Å². The monoisotopic (exact) mass is 465 g/mol. The second kappa shape index (κ2) is 14.3. The predicted molar refractivity (Wildman–Crippen MR) is 129 cm³/mol. The Bertz CT molecular complexity index is 709. The maximum atomic E-state index is 12.7. The quantitative estimate of drug-likeness (QED) is 0.169. The van der Waals surface area contributed by atoms with Gasteiger partial charge in [-0.2, -0.15) is 5.48 Å². The molecule has 0 aliphatic rings. The number of carbonyl (C=O) groups excluding carboxylic acids is 2. The fraction of sp³-hybridized carbons (Fsp3) is 0.680. The highest BCUT2D eigenvalue weighted by molar-refractivity contribution is 5.89. The van der Waals surface area contributed by atoms with Crippen LogP contribution in [0.4, 0.5) is 0 Å². The number of nitrogens with one attached hydrogen (secondary N) is 3. The molecule has 0 saturated heterocycles. The molecule has 0 aliphatic heterocycles. The standard InChI is InChI=1S/C25H43N3O5/c1-24(2,16-21(29)32-6)17-25(3,4)18-27-22(30)20(26-5)14-10-11-15-28-33-23(31)19-12-8-7-9-13-19/h7-9,12-13,20-21,26,28-29H,10-11,14-18H2,1-6H3,(H,27,30). The zero-order valence-electron chi connectivity index (χ0n) is 21.1. The molecule has 33 heavy (non-hydrogen) atoms. The van der Waals surface area contributed by atoms with Gasteiger partial charge < -0.3 is 25.3 Å². The molecule has 0 bridgehead atoms. The molecule has 1 aromatic carbocycles. The van der Waals surface area contributed by atoms with E-state index in [0.29, 0.717) is 31.5 Å². The molecule has 1 aromatic rings. The number of rotatable bonds is 16. The predicted octanol–water partition coefficient (Wildman–Crippen LogP) is 3.02. The highest BCUT2D eigenvalue weighted by Crippen LogP contribution is 2.36. The molecule has 0 saturated carbocycles. The van der Waals surface area contributed by atoms with Gasteiger partial charge in [-0.05, 0) is 55.7 Å². The average Bonchev–Trinajstić information content (AvgIpc) is 2.76. The molecule has 0 aromatic heterocycles. The maximum absolute atomic E-state index is 12.7. The maximum Gasteiger partial charge on any atom is 0.356 e. The number of hydrogen-bond acceptors (Lipinski definition) is 7. The van der Waals surface area contributed by atoms with E-state index in [9.17, 15) is 14.7 Å². The first kappa shape index (κ1) is 29.0. The Kier molecular flexibility index (Phi) is 12.6. The Morgan fingerprint density at radius 3 is 2.33 bits per heavy atom. The van der Waals surface area contributed by atoms with Gasteiger partial charge in [-0.1, -0.05) is 45.9 Å². The van der Waals surface area contributed by atoms with E-state index in [-0.39, 0.29) is 22.8 Å². The zero-order chi connectivity index (χ0) is 24.9. The van der Waals surface area contributed by atoms with Gasteiger partial charge in [0.25, 0.3) is 0 Å². The third-order valence-corrected chi connectivity index (χ3v) is 5.56. The lowest BCUT2D eigenvalue weighted by atomic mass is 9.73. The Hall–Kier alpha value is -2.00. The number of hydroxylamine groups is 1. The van der Waals surface area contributed by atoms with Crippen LogP contribution in [-0.4, -0.2) is 56.6 Å². The highest BCUT2D eigenvalue weighted by atomic mass is 16.7. The normalized spacial score (nSPS) is 13.9. The molecule has 4 N–H and O–H groups in total. The molecule has 0 spiro atoms. The van der Waals surface area contributed by atoms with Gasteiger partial charge in [-0.15, -0.1) is 0 Å². The van der Waals surface area contributed by atoms with E-state index >= 15 is 0 Å². The largest absolute Gasteiger partial charge is 0.368 e. The number of likely N-dealkylation sites (N-methyl/N-ethyl adjacent to an activating group) is 1. The van der Waals surface area contributed by atoms with Crippen molar-refractivity contribution < 1.29 is 24.3 Å². The first-order valence-electron chi connectivity index (χ1n) is 11.6. The Morgan fingerprint density at radius 2 is 1.73 bits per heavy atom.